The number of rotatable bonds is 6. The average Bonchev–Trinajstić information content (AvgIpc) is 3.31. The van der Waals surface area contributed by atoms with Gasteiger partial charge in [0, 0.05) is 29.1 Å². The predicted octanol–water partition coefficient (Wildman–Crippen LogP) is 3.72. The number of aryl methyl sites for hydroxylation is 1. The van der Waals surface area contributed by atoms with E-state index in [0.717, 1.165) is 16.2 Å². The molecular weight excluding hydrogens is 615 g/mol. The van der Waals surface area contributed by atoms with Crippen LogP contribution in [-0.4, -0.2) is 64.6 Å². The highest BCUT2D eigenvalue weighted by atomic mass is 79.9. The highest BCUT2D eigenvalue weighted by Crippen LogP contribution is 2.39. The fourth-order valence-electron chi connectivity index (χ4n) is 5.13. The van der Waals surface area contributed by atoms with E-state index in [4.69, 9.17) is 11.6 Å². The molecule has 2 fully saturated rings. The first-order valence-corrected chi connectivity index (χ1v) is 14.7. The molecule has 13 heteroatoms. The van der Waals surface area contributed by atoms with Crippen molar-refractivity contribution in [2.45, 2.75) is 41.5 Å². The lowest BCUT2D eigenvalue weighted by molar-refractivity contribution is -0.153. The normalized spacial score (nSPS) is 22.9. The summed E-state index contributed by atoms with van der Waals surface area (Å²) in [6, 6.07) is 7.90. The molecule has 4 heterocycles. The minimum Gasteiger partial charge on any atom is -0.480 e. The smallest absolute Gasteiger partial charge is 0.326 e. The third kappa shape index (κ3) is 4.83. The van der Waals surface area contributed by atoms with E-state index in [1.54, 1.807) is 18.3 Å². The summed E-state index contributed by atoms with van der Waals surface area (Å²) in [5.74, 6) is -2.83. The number of carboxylic acids is 1. The Morgan fingerprint density at radius 2 is 1.92 bits per heavy atom. The van der Waals surface area contributed by atoms with Crippen LogP contribution in [0, 0.1) is 12.7 Å². The van der Waals surface area contributed by atoms with Crippen LogP contribution in [0.3, 0.4) is 0 Å². The van der Waals surface area contributed by atoms with Gasteiger partial charge in [-0.15, -0.1) is 0 Å². The third-order valence-corrected chi connectivity index (χ3v) is 10.3. The molecule has 0 radical (unpaired) electrons. The maximum Gasteiger partial charge on any atom is 0.326 e. The van der Waals surface area contributed by atoms with Crippen molar-refractivity contribution in [1.29, 1.82) is 0 Å². The first-order valence-electron chi connectivity index (χ1n) is 12.0. The summed E-state index contributed by atoms with van der Waals surface area (Å²) in [7, 11) is -4.14. The molecule has 204 valence electrons. The maximum atomic E-state index is 14.8. The lowest BCUT2D eigenvalue weighted by Gasteiger charge is -2.44. The number of likely N-dealkylation sites (tertiary alicyclic amines) is 1. The number of pyridine rings is 2. The Kier molecular flexibility index (Phi) is 7.25. The monoisotopic (exact) mass is 636 g/mol. The average molecular weight is 638 g/mol. The van der Waals surface area contributed by atoms with Crippen LogP contribution in [0.2, 0.25) is 5.02 Å². The van der Waals surface area contributed by atoms with E-state index < -0.39 is 44.4 Å². The number of aliphatic carboxylic acids is 1. The number of sulfone groups is 1. The molecule has 3 atom stereocenters. The molecule has 2 saturated heterocycles. The predicted molar refractivity (Wildman–Crippen MR) is 144 cm³/mol. The second-order valence-electron chi connectivity index (χ2n) is 9.61. The van der Waals surface area contributed by atoms with Gasteiger partial charge in [-0.25, -0.2) is 17.6 Å². The first kappa shape index (κ1) is 27.6. The largest absolute Gasteiger partial charge is 0.480 e. The number of amides is 1. The molecule has 0 bridgehead atoms. The maximum absolute atomic E-state index is 14.8. The quantitative estimate of drug-likeness (QED) is 0.419. The third-order valence-electron chi connectivity index (χ3n) is 7.22. The SMILES string of the molecule is Cc1cc(-c2ccc(S(=O)(=O)C3CC(C(=O)O)N(C(=O)C4(c5ncc(Br)cc5F)CCN4)C3)c(Cl)c2)ccn1. The van der Waals surface area contributed by atoms with Gasteiger partial charge in [-0.3, -0.25) is 20.1 Å². The van der Waals surface area contributed by atoms with E-state index in [1.807, 2.05) is 13.0 Å². The van der Waals surface area contributed by atoms with Gasteiger partial charge in [0.25, 0.3) is 0 Å². The number of carbonyl (C=O) groups excluding carboxylic acids is 1. The molecule has 1 aromatic carbocycles. The molecule has 0 aliphatic carbocycles. The number of hydrogen-bond donors (Lipinski definition) is 2. The zero-order chi connectivity index (χ0) is 28.1. The molecule has 2 aliphatic rings. The van der Waals surface area contributed by atoms with Gasteiger partial charge in [0.15, 0.2) is 9.84 Å². The summed E-state index contributed by atoms with van der Waals surface area (Å²) in [6.45, 7) is 1.83. The van der Waals surface area contributed by atoms with Gasteiger partial charge >= 0.3 is 5.97 Å². The van der Waals surface area contributed by atoms with Gasteiger partial charge in [-0.2, -0.15) is 0 Å². The van der Waals surface area contributed by atoms with Crippen LogP contribution in [0.1, 0.15) is 24.2 Å². The van der Waals surface area contributed by atoms with E-state index in [1.165, 1.54) is 24.4 Å². The van der Waals surface area contributed by atoms with Crippen molar-refractivity contribution >= 4 is 49.2 Å². The van der Waals surface area contributed by atoms with Crippen LogP contribution in [0.15, 0.2) is 58.2 Å². The summed E-state index contributed by atoms with van der Waals surface area (Å²) in [4.78, 5) is 35.0. The number of hydrogen-bond acceptors (Lipinski definition) is 7. The topological polar surface area (TPSA) is 130 Å². The molecule has 39 heavy (non-hydrogen) atoms. The number of carbonyl (C=O) groups is 2. The molecule has 3 aromatic rings. The second-order valence-corrected chi connectivity index (χ2v) is 13.1. The van der Waals surface area contributed by atoms with Crippen LogP contribution in [-0.2, 0) is 25.0 Å². The molecule has 0 spiro atoms. The summed E-state index contributed by atoms with van der Waals surface area (Å²) >= 11 is 9.58. The van der Waals surface area contributed by atoms with Gasteiger partial charge in [0.05, 0.1) is 15.2 Å². The number of aromatic nitrogens is 2. The Hall–Kier alpha value is -2.93. The van der Waals surface area contributed by atoms with Gasteiger partial charge in [-0.05, 0) is 83.7 Å². The second kappa shape index (κ2) is 10.2. The summed E-state index contributed by atoms with van der Waals surface area (Å²) in [5, 5.41) is 11.6. The molecule has 2 aromatic heterocycles. The van der Waals surface area contributed by atoms with Gasteiger partial charge in [0.1, 0.15) is 23.1 Å². The van der Waals surface area contributed by atoms with Gasteiger partial charge in [0.2, 0.25) is 5.91 Å². The van der Waals surface area contributed by atoms with Crippen molar-refractivity contribution < 1.29 is 27.5 Å². The molecule has 1 amide bonds. The lowest BCUT2D eigenvalue weighted by atomic mass is 9.82. The van der Waals surface area contributed by atoms with E-state index in [-0.39, 0.29) is 35.0 Å². The highest BCUT2D eigenvalue weighted by Gasteiger charge is 2.55. The van der Waals surface area contributed by atoms with Crippen molar-refractivity contribution in [2.75, 3.05) is 13.1 Å². The molecule has 2 aliphatic heterocycles. The van der Waals surface area contributed by atoms with E-state index in [2.05, 4.69) is 31.2 Å². The van der Waals surface area contributed by atoms with E-state index in [9.17, 15) is 27.5 Å². The van der Waals surface area contributed by atoms with Gasteiger partial charge in [-0.1, -0.05) is 17.7 Å². The minimum absolute atomic E-state index is 0.0168. The molecule has 3 unspecified atom stereocenters. The Bertz CT molecular complexity index is 1600. The van der Waals surface area contributed by atoms with Crippen LogP contribution in [0.4, 0.5) is 4.39 Å². The van der Waals surface area contributed by atoms with Crippen LogP contribution in [0.5, 0.6) is 0 Å². The van der Waals surface area contributed by atoms with Crippen molar-refractivity contribution in [3.63, 3.8) is 0 Å². The molecule has 5 rings (SSSR count). The first-order chi connectivity index (χ1) is 18.4. The van der Waals surface area contributed by atoms with Crippen molar-refractivity contribution in [2.24, 2.45) is 0 Å². The summed E-state index contributed by atoms with van der Waals surface area (Å²) in [6.07, 6.45) is 2.83. The Morgan fingerprint density at radius 3 is 2.51 bits per heavy atom. The number of carboxylic acid groups (broad SMARTS) is 1. The molecule has 2 N–H and O–H groups in total. The van der Waals surface area contributed by atoms with Crippen molar-refractivity contribution in [1.82, 2.24) is 20.2 Å². The minimum atomic E-state index is -4.14. The van der Waals surface area contributed by atoms with Crippen LogP contribution in [0.25, 0.3) is 11.1 Å². The Labute approximate surface area is 237 Å². The molecule has 9 nitrogen and oxygen atoms in total. The fraction of sp³-hybridized carbons (Fsp3) is 0.308. The number of nitrogens with zero attached hydrogens (tertiary/aromatic N) is 3. The Morgan fingerprint density at radius 1 is 1.21 bits per heavy atom. The zero-order valence-electron chi connectivity index (χ0n) is 20.6. The molecule has 0 saturated carbocycles. The van der Waals surface area contributed by atoms with Crippen LogP contribution < -0.4 is 5.32 Å². The summed E-state index contributed by atoms with van der Waals surface area (Å²) < 4.78 is 42.6. The number of nitrogens with one attached hydrogen (secondary N) is 1. The lowest BCUT2D eigenvalue weighted by Crippen LogP contribution is -2.65. The van der Waals surface area contributed by atoms with Crippen molar-refractivity contribution in [3.05, 3.63) is 75.5 Å². The highest BCUT2D eigenvalue weighted by molar-refractivity contribution is 9.10. The number of halogens is 3. The number of benzene rings is 1. The standard InChI is InChI=1S/C26H23BrClFN4O5S/c1-14-8-16(4-6-30-14)15-2-3-22(19(28)9-15)39(37,38)18-11-21(24(34)35)33(13-18)25(36)26(5-7-32-26)23-20(29)10-17(27)12-31-23/h2-4,6,8-10,12,18,21,32H,5,7,11,13H2,1H3,(H,34,35). The zero-order valence-corrected chi connectivity index (χ0v) is 23.7. The van der Waals surface area contributed by atoms with E-state index in [0.29, 0.717) is 16.6 Å². The van der Waals surface area contributed by atoms with Crippen molar-refractivity contribution in [3.8, 4) is 11.1 Å². The van der Waals surface area contributed by atoms with Crippen LogP contribution >= 0.6 is 27.5 Å². The summed E-state index contributed by atoms with van der Waals surface area (Å²) in [5.41, 5.74) is 0.538. The van der Waals surface area contributed by atoms with E-state index >= 15 is 0 Å². The van der Waals surface area contributed by atoms with Gasteiger partial charge < -0.3 is 10.0 Å². The fourth-order valence-corrected chi connectivity index (χ4v) is 7.68. The Balaban J connectivity index is 1.46. The molecular formula is C26H23BrClFN4O5S.